The second-order valence-electron chi connectivity index (χ2n) is 4.92. The minimum Gasteiger partial charge on any atom is -0.320 e. The molecule has 0 radical (unpaired) electrons. The van der Waals surface area contributed by atoms with Crippen molar-refractivity contribution in [3.8, 4) is 0 Å². The molecule has 2 rings (SSSR count). The first-order valence-electron chi connectivity index (χ1n) is 6.49. The van der Waals surface area contributed by atoms with E-state index in [9.17, 15) is 9.18 Å². The van der Waals surface area contributed by atoms with E-state index in [4.69, 9.17) is 0 Å². The summed E-state index contributed by atoms with van der Waals surface area (Å²) in [6, 6.07) is 8.58. The van der Waals surface area contributed by atoms with Crippen molar-refractivity contribution >= 4 is 11.6 Å². The number of aromatic nitrogens is 1. The van der Waals surface area contributed by atoms with Crippen LogP contribution in [0.2, 0.25) is 0 Å². The standard InChI is InChI=1S/C16H17FN2O/c1-11-5-4-8-19(13(11)3)10-16(20)18-14-7-6-12(2)15(17)9-14/h4-9H,10H2,1-3H3/p+1. The van der Waals surface area contributed by atoms with Crippen LogP contribution < -0.4 is 9.88 Å². The Morgan fingerprint density at radius 1 is 1.20 bits per heavy atom. The Morgan fingerprint density at radius 2 is 1.95 bits per heavy atom. The monoisotopic (exact) mass is 273 g/mol. The molecule has 0 saturated heterocycles. The van der Waals surface area contributed by atoms with Crippen molar-refractivity contribution in [2.75, 3.05) is 5.32 Å². The number of rotatable bonds is 3. The van der Waals surface area contributed by atoms with Crippen LogP contribution in [0.1, 0.15) is 16.8 Å². The van der Waals surface area contributed by atoms with Crippen molar-refractivity contribution < 1.29 is 13.8 Å². The molecule has 20 heavy (non-hydrogen) atoms. The Kier molecular flexibility index (Phi) is 4.13. The Hall–Kier alpha value is -2.23. The van der Waals surface area contributed by atoms with Gasteiger partial charge in [-0.3, -0.25) is 4.79 Å². The molecule has 0 bridgehead atoms. The molecule has 2 aromatic rings. The highest BCUT2D eigenvalue weighted by Gasteiger charge is 2.14. The Balaban J connectivity index is 2.09. The summed E-state index contributed by atoms with van der Waals surface area (Å²) in [7, 11) is 0. The van der Waals surface area contributed by atoms with Crippen molar-refractivity contribution in [2.24, 2.45) is 0 Å². The van der Waals surface area contributed by atoms with Crippen molar-refractivity contribution in [2.45, 2.75) is 27.3 Å². The largest absolute Gasteiger partial charge is 0.320 e. The van der Waals surface area contributed by atoms with Gasteiger partial charge in [0.15, 0.2) is 11.9 Å². The van der Waals surface area contributed by atoms with Gasteiger partial charge in [0.2, 0.25) is 6.54 Å². The summed E-state index contributed by atoms with van der Waals surface area (Å²) in [6.45, 7) is 5.86. The fourth-order valence-electron chi connectivity index (χ4n) is 1.95. The third-order valence-corrected chi connectivity index (χ3v) is 3.38. The molecule has 0 unspecified atom stereocenters. The summed E-state index contributed by atoms with van der Waals surface area (Å²) in [5, 5.41) is 2.71. The van der Waals surface area contributed by atoms with E-state index in [-0.39, 0.29) is 18.3 Å². The summed E-state index contributed by atoms with van der Waals surface area (Å²) in [4.78, 5) is 12.0. The fourth-order valence-corrected chi connectivity index (χ4v) is 1.95. The summed E-state index contributed by atoms with van der Waals surface area (Å²) in [5.74, 6) is -0.492. The third kappa shape index (κ3) is 3.20. The lowest BCUT2D eigenvalue weighted by molar-refractivity contribution is -0.690. The Morgan fingerprint density at radius 3 is 2.65 bits per heavy atom. The number of nitrogens with one attached hydrogen (secondary N) is 1. The molecule has 4 heteroatoms. The summed E-state index contributed by atoms with van der Waals surface area (Å²) >= 11 is 0. The predicted molar refractivity (Wildman–Crippen MR) is 75.9 cm³/mol. The number of anilines is 1. The third-order valence-electron chi connectivity index (χ3n) is 3.38. The first kappa shape index (κ1) is 14.2. The van der Waals surface area contributed by atoms with Crippen LogP contribution >= 0.6 is 0 Å². The molecule has 0 fully saturated rings. The number of hydrogen-bond acceptors (Lipinski definition) is 1. The zero-order valence-corrected chi connectivity index (χ0v) is 11.9. The molecule has 1 N–H and O–H groups in total. The highest BCUT2D eigenvalue weighted by molar-refractivity contribution is 5.89. The highest BCUT2D eigenvalue weighted by Crippen LogP contribution is 2.13. The molecule has 0 saturated carbocycles. The zero-order valence-electron chi connectivity index (χ0n) is 11.9. The zero-order chi connectivity index (χ0) is 14.7. The topological polar surface area (TPSA) is 33.0 Å². The van der Waals surface area contributed by atoms with E-state index in [1.165, 1.54) is 6.07 Å². The molecule has 1 amide bonds. The summed E-state index contributed by atoms with van der Waals surface area (Å²) in [6.07, 6.45) is 1.86. The molecule has 1 aromatic heterocycles. The minimum atomic E-state index is -0.317. The molecular weight excluding hydrogens is 255 g/mol. The lowest BCUT2D eigenvalue weighted by Crippen LogP contribution is -2.43. The van der Waals surface area contributed by atoms with Gasteiger partial charge in [0.05, 0.1) is 0 Å². The van der Waals surface area contributed by atoms with Crippen LogP contribution in [0.25, 0.3) is 0 Å². The number of hydrogen-bond donors (Lipinski definition) is 1. The summed E-state index contributed by atoms with van der Waals surface area (Å²) < 4.78 is 15.3. The molecule has 104 valence electrons. The van der Waals surface area contributed by atoms with Gasteiger partial charge in [0.1, 0.15) is 5.82 Å². The normalized spacial score (nSPS) is 10.4. The van der Waals surface area contributed by atoms with Crippen LogP contribution in [-0.2, 0) is 11.3 Å². The van der Waals surface area contributed by atoms with Crippen LogP contribution in [-0.4, -0.2) is 5.91 Å². The maximum absolute atomic E-state index is 13.4. The molecule has 1 heterocycles. The first-order chi connectivity index (χ1) is 9.47. The van der Waals surface area contributed by atoms with Crippen LogP contribution in [0, 0.1) is 26.6 Å². The number of carbonyl (C=O) groups is 1. The number of amides is 1. The molecule has 3 nitrogen and oxygen atoms in total. The lowest BCUT2D eigenvalue weighted by Gasteiger charge is -2.06. The summed E-state index contributed by atoms with van der Waals surface area (Å²) in [5.41, 5.74) is 3.20. The average Bonchev–Trinajstić information content (AvgIpc) is 2.39. The van der Waals surface area contributed by atoms with Gasteiger partial charge in [-0.1, -0.05) is 6.07 Å². The van der Waals surface area contributed by atoms with E-state index in [0.29, 0.717) is 11.3 Å². The number of pyridine rings is 1. The number of halogens is 1. The van der Waals surface area contributed by atoms with Crippen molar-refractivity contribution in [3.63, 3.8) is 0 Å². The fraction of sp³-hybridized carbons (Fsp3) is 0.250. The van der Waals surface area contributed by atoms with E-state index in [0.717, 1.165) is 11.3 Å². The predicted octanol–water partition coefficient (Wildman–Crippen LogP) is 2.68. The minimum absolute atomic E-state index is 0.174. The van der Waals surface area contributed by atoms with Gasteiger partial charge in [-0.25, -0.2) is 4.39 Å². The number of carbonyl (C=O) groups excluding carboxylic acids is 1. The van der Waals surface area contributed by atoms with E-state index in [2.05, 4.69) is 5.32 Å². The maximum Gasteiger partial charge on any atom is 0.290 e. The van der Waals surface area contributed by atoms with Gasteiger partial charge < -0.3 is 5.32 Å². The smallest absolute Gasteiger partial charge is 0.290 e. The molecule has 0 spiro atoms. The van der Waals surface area contributed by atoms with E-state index >= 15 is 0 Å². The van der Waals surface area contributed by atoms with Crippen LogP contribution in [0.5, 0.6) is 0 Å². The van der Waals surface area contributed by atoms with Gasteiger partial charge in [0, 0.05) is 24.2 Å². The van der Waals surface area contributed by atoms with Crippen molar-refractivity contribution in [1.82, 2.24) is 0 Å². The first-order valence-corrected chi connectivity index (χ1v) is 6.49. The van der Waals surface area contributed by atoms with Crippen molar-refractivity contribution in [3.05, 3.63) is 59.2 Å². The number of benzene rings is 1. The van der Waals surface area contributed by atoms with Gasteiger partial charge >= 0.3 is 0 Å². The molecular formula is C16H18FN2O+. The Labute approximate surface area is 118 Å². The second kappa shape index (κ2) is 5.82. The van der Waals surface area contributed by atoms with Crippen LogP contribution in [0.3, 0.4) is 0 Å². The Bertz CT molecular complexity index is 653. The lowest BCUT2D eigenvalue weighted by atomic mass is 10.2. The molecule has 0 atom stereocenters. The SMILES string of the molecule is Cc1ccc(NC(=O)C[n+]2cccc(C)c2C)cc1F. The van der Waals surface area contributed by atoms with Gasteiger partial charge in [0.25, 0.3) is 5.91 Å². The highest BCUT2D eigenvalue weighted by atomic mass is 19.1. The van der Waals surface area contributed by atoms with Crippen LogP contribution in [0.15, 0.2) is 36.5 Å². The maximum atomic E-state index is 13.4. The molecule has 0 aliphatic heterocycles. The number of aryl methyl sites for hydroxylation is 2. The van der Waals surface area contributed by atoms with Gasteiger partial charge in [-0.15, -0.1) is 0 Å². The van der Waals surface area contributed by atoms with E-state index in [1.54, 1.807) is 19.1 Å². The number of nitrogens with zero attached hydrogens (tertiary/aromatic N) is 1. The van der Waals surface area contributed by atoms with E-state index in [1.807, 2.05) is 36.7 Å². The molecule has 0 aliphatic rings. The average molecular weight is 273 g/mol. The quantitative estimate of drug-likeness (QED) is 0.857. The molecule has 1 aromatic carbocycles. The van der Waals surface area contributed by atoms with Gasteiger partial charge in [-0.2, -0.15) is 4.57 Å². The second-order valence-corrected chi connectivity index (χ2v) is 4.92. The van der Waals surface area contributed by atoms with Crippen LogP contribution in [0.4, 0.5) is 10.1 Å². The molecule has 0 aliphatic carbocycles. The van der Waals surface area contributed by atoms with E-state index < -0.39 is 0 Å². The van der Waals surface area contributed by atoms with Gasteiger partial charge in [-0.05, 0) is 37.6 Å². The van der Waals surface area contributed by atoms with Crippen molar-refractivity contribution in [1.29, 1.82) is 0 Å².